The summed E-state index contributed by atoms with van der Waals surface area (Å²) in [6.07, 6.45) is 0.911. The number of aliphatic hydroxyl groups is 1. The Morgan fingerprint density at radius 2 is 1.33 bits per heavy atom. The minimum atomic E-state index is -1.07. The SMILES string of the molecule is C[C@@]1(C(O)(c2ccc(Cl)cc2)c2ccc(Cl)cc2)C[C@H]1Br. The van der Waals surface area contributed by atoms with E-state index in [9.17, 15) is 5.11 Å². The summed E-state index contributed by atoms with van der Waals surface area (Å²) in [7, 11) is 0. The zero-order valence-corrected chi connectivity index (χ0v) is 14.6. The van der Waals surface area contributed by atoms with Crippen LogP contribution in [0.25, 0.3) is 0 Å². The Kier molecular flexibility index (Phi) is 3.86. The smallest absolute Gasteiger partial charge is 0.121 e. The second kappa shape index (κ2) is 5.27. The van der Waals surface area contributed by atoms with Gasteiger partial charge in [-0.3, -0.25) is 0 Å². The van der Waals surface area contributed by atoms with Crippen molar-refractivity contribution in [3.63, 3.8) is 0 Å². The molecule has 0 aromatic heterocycles. The van der Waals surface area contributed by atoms with Crippen molar-refractivity contribution in [2.75, 3.05) is 0 Å². The van der Waals surface area contributed by atoms with Crippen molar-refractivity contribution in [2.24, 2.45) is 5.41 Å². The number of hydrogen-bond acceptors (Lipinski definition) is 1. The van der Waals surface area contributed by atoms with E-state index >= 15 is 0 Å². The first-order chi connectivity index (χ1) is 9.88. The highest BCUT2D eigenvalue weighted by Gasteiger charge is 2.63. The van der Waals surface area contributed by atoms with Crippen molar-refractivity contribution in [2.45, 2.75) is 23.8 Å². The lowest BCUT2D eigenvalue weighted by Gasteiger charge is -2.36. The number of halogens is 3. The van der Waals surface area contributed by atoms with E-state index in [-0.39, 0.29) is 10.2 Å². The molecule has 0 unspecified atom stereocenters. The van der Waals surface area contributed by atoms with Gasteiger partial charge in [0, 0.05) is 20.3 Å². The van der Waals surface area contributed by atoms with E-state index in [1.165, 1.54) is 0 Å². The molecule has 1 aliphatic carbocycles. The largest absolute Gasteiger partial charge is 0.380 e. The lowest BCUT2D eigenvalue weighted by Crippen LogP contribution is -2.37. The van der Waals surface area contributed by atoms with Crippen LogP contribution in [0.3, 0.4) is 0 Å². The quantitative estimate of drug-likeness (QED) is 0.701. The molecule has 1 saturated carbocycles. The fourth-order valence-corrected chi connectivity index (χ4v) is 4.15. The van der Waals surface area contributed by atoms with Crippen molar-refractivity contribution < 1.29 is 5.11 Å². The molecule has 21 heavy (non-hydrogen) atoms. The van der Waals surface area contributed by atoms with Crippen LogP contribution in [0.2, 0.25) is 10.0 Å². The van der Waals surface area contributed by atoms with Crippen LogP contribution in [0.15, 0.2) is 48.5 Å². The summed E-state index contributed by atoms with van der Waals surface area (Å²) < 4.78 is 0. The predicted octanol–water partition coefficient (Wildman–Crippen LogP) is 5.40. The number of alkyl halides is 1. The Balaban J connectivity index is 2.16. The highest BCUT2D eigenvalue weighted by atomic mass is 79.9. The second-order valence-corrected chi connectivity index (χ2v) is 7.79. The van der Waals surface area contributed by atoms with E-state index < -0.39 is 5.60 Å². The fraction of sp³-hybridized carbons (Fsp3) is 0.294. The Morgan fingerprint density at radius 1 is 1.00 bits per heavy atom. The lowest BCUT2D eigenvalue weighted by molar-refractivity contribution is 0.0110. The van der Waals surface area contributed by atoms with Crippen molar-refractivity contribution in [1.29, 1.82) is 0 Å². The van der Waals surface area contributed by atoms with Crippen LogP contribution in [0.5, 0.6) is 0 Å². The Morgan fingerprint density at radius 3 is 1.62 bits per heavy atom. The van der Waals surface area contributed by atoms with E-state index in [2.05, 4.69) is 22.9 Å². The molecule has 4 heteroatoms. The molecule has 0 aliphatic heterocycles. The third-order valence-corrected chi connectivity index (χ3v) is 6.32. The van der Waals surface area contributed by atoms with Crippen molar-refractivity contribution >= 4 is 39.1 Å². The van der Waals surface area contributed by atoms with Crippen molar-refractivity contribution in [1.82, 2.24) is 0 Å². The molecular formula is C17H15BrCl2O. The molecule has 0 saturated heterocycles. The van der Waals surface area contributed by atoms with E-state index in [1.807, 2.05) is 48.5 Å². The van der Waals surface area contributed by atoms with Gasteiger partial charge in [0.1, 0.15) is 5.60 Å². The van der Waals surface area contributed by atoms with E-state index in [0.29, 0.717) is 10.0 Å². The third-order valence-electron chi connectivity index (χ3n) is 4.48. The van der Waals surface area contributed by atoms with Gasteiger partial charge >= 0.3 is 0 Å². The van der Waals surface area contributed by atoms with Gasteiger partial charge in [0.05, 0.1) is 0 Å². The molecule has 0 bridgehead atoms. The van der Waals surface area contributed by atoms with Crippen LogP contribution >= 0.6 is 39.1 Å². The maximum atomic E-state index is 11.6. The van der Waals surface area contributed by atoms with Gasteiger partial charge in [0.2, 0.25) is 0 Å². The van der Waals surface area contributed by atoms with Crippen molar-refractivity contribution in [3.8, 4) is 0 Å². The minimum absolute atomic E-state index is 0.255. The Bertz CT molecular complexity index is 608. The molecule has 1 aliphatic rings. The first-order valence-corrected chi connectivity index (χ1v) is 8.43. The van der Waals surface area contributed by atoms with Gasteiger partial charge in [-0.05, 0) is 41.8 Å². The number of rotatable bonds is 3. The van der Waals surface area contributed by atoms with Crippen molar-refractivity contribution in [3.05, 3.63) is 69.7 Å². The van der Waals surface area contributed by atoms with Gasteiger partial charge in [0.15, 0.2) is 0 Å². The molecule has 2 aromatic rings. The number of benzene rings is 2. The molecule has 3 rings (SSSR count). The molecule has 0 radical (unpaired) electrons. The summed E-state index contributed by atoms with van der Waals surface area (Å²) in [4.78, 5) is 0.279. The van der Waals surface area contributed by atoms with Crippen LogP contribution < -0.4 is 0 Å². The van der Waals surface area contributed by atoms with Gasteiger partial charge in [0.25, 0.3) is 0 Å². The minimum Gasteiger partial charge on any atom is -0.380 e. The van der Waals surface area contributed by atoms with Gasteiger partial charge in [-0.25, -0.2) is 0 Å². The summed E-state index contributed by atoms with van der Waals surface area (Å²) in [5.41, 5.74) is 0.364. The maximum absolute atomic E-state index is 11.6. The Labute approximate surface area is 143 Å². The van der Waals surface area contributed by atoms with E-state index in [0.717, 1.165) is 17.5 Å². The molecule has 2 aromatic carbocycles. The van der Waals surface area contributed by atoms with E-state index in [4.69, 9.17) is 23.2 Å². The summed E-state index contributed by atoms with van der Waals surface area (Å²) in [6, 6.07) is 14.8. The zero-order chi connectivity index (χ0) is 15.3. The van der Waals surface area contributed by atoms with Gasteiger partial charge in [-0.1, -0.05) is 70.3 Å². The third kappa shape index (κ3) is 2.43. The molecule has 1 fully saturated rings. The summed E-state index contributed by atoms with van der Waals surface area (Å²) in [6.45, 7) is 2.09. The summed E-state index contributed by atoms with van der Waals surface area (Å²) in [5, 5.41) is 12.9. The highest BCUT2D eigenvalue weighted by molar-refractivity contribution is 9.09. The van der Waals surface area contributed by atoms with E-state index in [1.54, 1.807) is 0 Å². The summed E-state index contributed by atoms with van der Waals surface area (Å²) >= 11 is 15.6. The zero-order valence-electron chi connectivity index (χ0n) is 11.5. The van der Waals surface area contributed by atoms with Crippen LogP contribution in [-0.4, -0.2) is 9.93 Å². The van der Waals surface area contributed by atoms with Crippen LogP contribution in [-0.2, 0) is 5.60 Å². The molecule has 110 valence electrons. The topological polar surface area (TPSA) is 20.2 Å². The molecule has 1 N–H and O–H groups in total. The Hall–Kier alpha value is -0.540. The van der Waals surface area contributed by atoms with Crippen LogP contribution in [0.1, 0.15) is 24.5 Å². The lowest BCUT2D eigenvalue weighted by atomic mass is 9.74. The normalized spacial score (nSPS) is 24.9. The average Bonchev–Trinajstić information content (AvgIpc) is 3.09. The predicted molar refractivity (Wildman–Crippen MR) is 91.3 cm³/mol. The molecular weight excluding hydrogens is 371 g/mol. The van der Waals surface area contributed by atoms with Gasteiger partial charge in [-0.2, -0.15) is 0 Å². The summed E-state index contributed by atoms with van der Waals surface area (Å²) in [5.74, 6) is 0. The van der Waals surface area contributed by atoms with Crippen LogP contribution in [0, 0.1) is 5.41 Å². The average molecular weight is 386 g/mol. The second-order valence-electron chi connectivity index (χ2n) is 5.81. The van der Waals surface area contributed by atoms with Gasteiger partial charge in [-0.15, -0.1) is 0 Å². The van der Waals surface area contributed by atoms with Crippen LogP contribution in [0.4, 0.5) is 0 Å². The number of hydrogen-bond donors (Lipinski definition) is 1. The fourth-order valence-electron chi connectivity index (χ4n) is 2.90. The molecule has 0 spiro atoms. The van der Waals surface area contributed by atoms with Gasteiger partial charge < -0.3 is 5.11 Å². The first-order valence-electron chi connectivity index (χ1n) is 6.76. The molecule has 1 nitrogen and oxygen atoms in total. The first kappa shape index (κ1) is 15.4. The monoisotopic (exact) mass is 384 g/mol. The highest BCUT2D eigenvalue weighted by Crippen LogP contribution is 2.63. The molecule has 0 amide bonds. The molecule has 2 atom stereocenters. The maximum Gasteiger partial charge on any atom is 0.121 e. The standard InChI is InChI=1S/C17H15BrCl2O/c1-16(10-15(16)18)17(21,11-2-6-13(19)7-3-11)12-4-8-14(20)9-5-12/h2-9,15,21H,10H2,1H3/t15-,16-/m1/s1. The molecule has 0 heterocycles.